The number of benzene rings is 1. The van der Waals surface area contributed by atoms with Crippen molar-refractivity contribution in [2.45, 2.75) is 25.3 Å². The SMILES string of the molecule is NCc1ccc2ncc(C3CCSCC3)cc2c1. The van der Waals surface area contributed by atoms with Crippen LogP contribution in [-0.4, -0.2) is 16.5 Å². The predicted molar refractivity (Wildman–Crippen MR) is 78.9 cm³/mol. The van der Waals surface area contributed by atoms with E-state index in [-0.39, 0.29) is 0 Å². The van der Waals surface area contributed by atoms with Crippen LogP contribution in [0.5, 0.6) is 0 Å². The summed E-state index contributed by atoms with van der Waals surface area (Å²) in [7, 11) is 0. The van der Waals surface area contributed by atoms with E-state index in [9.17, 15) is 0 Å². The van der Waals surface area contributed by atoms with E-state index in [2.05, 4.69) is 47.2 Å². The fourth-order valence-corrected chi connectivity index (χ4v) is 3.69. The van der Waals surface area contributed by atoms with Gasteiger partial charge in [0.05, 0.1) is 5.52 Å². The van der Waals surface area contributed by atoms with Crippen LogP contribution < -0.4 is 5.73 Å². The van der Waals surface area contributed by atoms with Crippen molar-refractivity contribution in [3.63, 3.8) is 0 Å². The molecule has 2 aromatic rings. The zero-order chi connectivity index (χ0) is 12.4. The average molecular weight is 258 g/mol. The van der Waals surface area contributed by atoms with Crippen molar-refractivity contribution in [1.29, 1.82) is 0 Å². The van der Waals surface area contributed by atoms with E-state index in [4.69, 9.17) is 5.73 Å². The number of hydrogen-bond donors (Lipinski definition) is 1. The molecule has 2 heterocycles. The van der Waals surface area contributed by atoms with Crippen molar-refractivity contribution >= 4 is 22.7 Å². The third-order valence-electron chi connectivity index (χ3n) is 3.70. The second-order valence-corrected chi connectivity index (χ2v) is 6.11. The molecule has 3 heteroatoms. The van der Waals surface area contributed by atoms with E-state index < -0.39 is 0 Å². The number of nitrogens with two attached hydrogens (primary N) is 1. The summed E-state index contributed by atoms with van der Waals surface area (Å²) in [5, 5.41) is 1.23. The molecule has 0 atom stereocenters. The summed E-state index contributed by atoms with van der Waals surface area (Å²) in [6.45, 7) is 0.597. The summed E-state index contributed by atoms with van der Waals surface area (Å²) in [6.07, 6.45) is 4.63. The van der Waals surface area contributed by atoms with E-state index in [1.165, 1.54) is 40.9 Å². The number of hydrogen-bond acceptors (Lipinski definition) is 3. The molecule has 3 rings (SSSR count). The summed E-state index contributed by atoms with van der Waals surface area (Å²) >= 11 is 2.07. The van der Waals surface area contributed by atoms with Gasteiger partial charge in [0.1, 0.15) is 0 Å². The average Bonchev–Trinajstić information content (AvgIpc) is 2.47. The van der Waals surface area contributed by atoms with E-state index in [1.54, 1.807) is 0 Å². The van der Waals surface area contributed by atoms with Crippen LogP contribution in [0.1, 0.15) is 29.9 Å². The first-order chi connectivity index (χ1) is 8.86. The Kier molecular flexibility index (Phi) is 3.52. The summed E-state index contributed by atoms with van der Waals surface area (Å²) in [5.74, 6) is 3.27. The smallest absolute Gasteiger partial charge is 0.0702 e. The lowest BCUT2D eigenvalue weighted by molar-refractivity contribution is 0.636. The van der Waals surface area contributed by atoms with Gasteiger partial charge in [-0.05, 0) is 59.6 Å². The van der Waals surface area contributed by atoms with E-state index in [1.807, 2.05) is 0 Å². The molecule has 0 saturated carbocycles. The van der Waals surface area contributed by atoms with Crippen LogP contribution >= 0.6 is 11.8 Å². The van der Waals surface area contributed by atoms with Crippen LogP contribution in [0, 0.1) is 0 Å². The summed E-state index contributed by atoms with van der Waals surface area (Å²) in [4.78, 5) is 4.58. The maximum atomic E-state index is 5.70. The normalized spacial score (nSPS) is 17.2. The second kappa shape index (κ2) is 5.29. The van der Waals surface area contributed by atoms with Crippen molar-refractivity contribution < 1.29 is 0 Å². The van der Waals surface area contributed by atoms with Crippen LogP contribution in [0.15, 0.2) is 30.5 Å². The summed E-state index contributed by atoms with van der Waals surface area (Å²) in [5.41, 5.74) is 9.35. The Balaban J connectivity index is 1.97. The minimum absolute atomic E-state index is 0.597. The van der Waals surface area contributed by atoms with Crippen LogP contribution in [0.3, 0.4) is 0 Å². The highest BCUT2D eigenvalue weighted by Gasteiger charge is 2.16. The van der Waals surface area contributed by atoms with Gasteiger partial charge in [0.15, 0.2) is 0 Å². The first kappa shape index (κ1) is 12.0. The molecule has 1 fully saturated rings. The topological polar surface area (TPSA) is 38.9 Å². The highest BCUT2D eigenvalue weighted by Crippen LogP contribution is 2.32. The molecule has 0 bridgehead atoms. The molecule has 1 saturated heterocycles. The lowest BCUT2D eigenvalue weighted by Crippen LogP contribution is -2.08. The van der Waals surface area contributed by atoms with Gasteiger partial charge >= 0.3 is 0 Å². The Hall–Kier alpha value is -1.06. The molecule has 0 radical (unpaired) electrons. The molecule has 1 aromatic carbocycles. The van der Waals surface area contributed by atoms with E-state index >= 15 is 0 Å². The van der Waals surface area contributed by atoms with Crippen LogP contribution in [0.25, 0.3) is 10.9 Å². The van der Waals surface area contributed by atoms with Gasteiger partial charge in [0.25, 0.3) is 0 Å². The Bertz CT molecular complexity index is 547. The number of thioether (sulfide) groups is 1. The van der Waals surface area contributed by atoms with Gasteiger partial charge in [-0.3, -0.25) is 4.98 Å². The molecule has 0 aliphatic carbocycles. The lowest BCUT2D eigenvalue weighted by Gasteiger charge is -2.21. The van der Waals surface area contributed by atoms with Gasteiger partial charge in [-0.1, -0.05) is 6.07 Å². The molecule has 2 nitrogen and oxygen atoms in total. The molecule has 18 heavy (non-hydrogen) atoms. The molecule has 1 aromatic heterocycles. The van der Waals surface area contributed by atoms with Gasteiger partial charge in [-0.15, -0.1) is 0 Å². The fraction of sp³-hybridized carbons (Fsp3) is 0.400. The van der Waals surface area contributed by atoms with Crippen LogP contribution in [0.4, 0.5) is 0 Å². The molecule has 2 N–H and O–H groups in total. The largest absolute Gasteiger partial charge is 0.326 e. The Labute approximate surface area is 112 Å². The molecular weight excluding hydrogens is 240 g/mol. The first-order valence-corrected chi connectivity index (χ1v) is 7.68. The van der Waals surface area contributed by atoms with Gasteiger partial charge in [0, 0.05) is 18.1 Å². The molecule has 1 aliphatic heterocycles. The van der Waals surface area contributed by atoms with Crippen molar-refractivity contribution in [3.05, 3.63) is 41.6 Å². The van der Waals surface area contributed by atoms with Gasteiger partial charge < -0.3 is 5.73 Å². The molecule has 0 spiro atoms. The third kappa shape index (κ3) is 2.38. The quantitative estimate of drug-likeness (QED) is 0.898. The molecule has 0 amide bonds. The maximum Gasteiger partial charge on any atom is 0.0702 e. The standard InChI is InChI=1S/C15H18N2S/c16-9-11-1-2-15-13(7-11)8-14(10-17-15)12-3-5-18-6-4-12/h1-2,7-8,10,12H,3-6,9,16H2. The molecule has 1 aliphatic rings. The van der Waals surface area contributed by atoms with Gasteiger partial charge in [0.2, 0.25) is 0 Å². The monoisotopic (exact) mass is 258 g/mol. The minimum Gasteiger partial charge on any atom is -0.326 e. The highest BCUT2D eigenvalue weighted by atomic mass is 32.2. The fourth-order valence-electron chi connectivity index (χ4n) is 2.58. The summed E-state index contributed by atoms with van der Waals surface area (Å²) in [6, 6.07) is 8.61. The number of pyridine rings is 1. The number of nitrogens with zero attached hydrogens (tertiary/aromatic N) is 1. The molecule has 0 unspecified atom stereocenters. The zero-order valence-corrected chi connectivity index (χ0v) is 11.2. The molecule has 94 valence electrons. The minimum atomic E-state index is 0.597. The zero-order valence-electron chi connectivity index (χ0n) is 10.4. The molecular formula is C15H18N2S. The summed E-state index contributed by atoms with van der Waals surface area (Å²) < 4.78 is 0. The second-order valence-electron chi connectivity index (χ2n) is 4.89. The predicted octanol–water partition coefficient (Wildman–Crippen LogP) is 3.30. The van der Waals surface area contributed by atoms with E-state index in [0.717, 1.165) is 5.52 Å². The van der Waals surface area contributed by atoms with Gasteiger partial charge in [-0.25, -0.2) is 0 Å². The Morgan fingerprint density at radius 2 is 2.06 bits per heavy atom. The first-order valence-electron chi connectivity index (χ1n) is 6.53. The van der Waals surface area contributed by atoms with Crippen LogP contribution in [-0.2, 0) is 6.54 Å². The van der Waals surface area contributed by atoms with Crippen molar-refractivity contribution in [1.82, 2.24) is 4.98 Å². The number of rotatable bonds is 2. The lowest BCUT2D eigenvalue weighted by atomic mass is 9.94. The number of aromatic nitrogens is 1. The van der Waals surface area contributed by atoms with Gasteiger partial charge in [-0.2, -0.15) is 11.8 Å². The van der Waals surface area contributed by atoms with Crippen molar-refractivity contribution in [2.24, 2.45) is 5.73 Å². The van der Waals surface area contributed by atoms with Crippen molar-refractivity contribution in [2.75, 3.05) is 11.5 Å². The third-order valence-corrected chi connectivity index (χ3v) is 4.74. The van der Waals surface area contributed by atoms with E-state index in [0.29, 0.717) is 12.5 Å². The van der Waals surface area contributed by atoms with Crippen molar-refractivity contribution in [3.8, 4) is 0 Å². The maximum absolute atomic E-state index is 5.70. The highest BCUT2D eigenvalue weighted by molar-refractivity contribution is 7.99. The Morgan fingerprint density at radius 1 is 1.22 bits per heavy atom. The Morgan fingerprint density at radius 3 is 2.83 bits per heavy atom. The number of fused-ring (bicyclic) bond motifs is 1. The van der Waals surface area contributed by atoms with Crippen LogP contribution in [0.2, 0.25) is 0 Å².